The second-order valence-electron chi connectivity index (χ2n) is 7.47. The first-order valence-corrected chi connectivity index (χ1v) is 8.92. The van der Waals surface area contributed by atoms with Gasteiger partial charge in [0.25, 0.3) is 0 Å². The van der Waals surface area contributed by atoms with Crippen LogP contribution in [0.25, 0.3) is 0 Å². The molecule has 0 fully saturated rings. The number of nitrogens with one attached hydrogen (secondary N) is 1. The molecule has 27 heavy (non-hydrogen) atoms. The highest BCUT2D eigenvalue weighted by molar-refractivity contribution is 5.76. The van der Waals surface area contributed by atoms with E-state index in [4.69, 9.17) is 5.73 Å². The van der Waals surface area contributed by atoms with Crippen molar-refractivity contribution < 1.29 is 20.1 Å². The Labute approximate surface area is 159 Å². The molecule has 0 aromatic heterocycles. The number of primary amides is 1. The Bertz CT molecular complexity index is 790. The molecule has 1 amide bonds. The molecule has 2 rings (SSSR count). The van der Waals surface area contributed by atoms with Crippen molar-refractivity contribution in [3.05, 3.63) is 64.7 Å². The highest BCUT2D eigenvalue weighted by atomic mass is 16.3. The van der Waals surface area contributed by atoms with E-state index >= 15 is 0 Å². The predicted octanol–water partition coefficient (Wildman–Crippen LogP) is 1.56. The van der Waals surface area contributed by atoms with Gasteiger partial charge in [0.2, 0.25) is 5.91 Å². The van der Waals surface area contributed by atoms with Crippen LogP contribution >= 0.6 is 0 Å². The van der Waals surface area contributed by atoms with E-state index < -0.39 is 6.10 Å². The van der Waals surface area contributed by atoms with Gasteiger partial charge in [-0.25, -0.2) is 0 Å². The lowest BCUT2D eigenvalue weighted by atomic mass is 9.93. The number of phenols is 1. The number of aliphatic hydroxyl groups excluding tert-OH is 2. The van der Waals surface area contributed by atoms with Crippen LogP contribution in [0.5, 0.6) is 5.75 Å². The molecule has 6 nitrogen and oxygen atoms in total. The maximum absolute atomic E-state index is 11.1. The lowest BCUT2D eigenvalue weighted by Crippen LogP contribution is -2.43. The molecule has 0 saturated carbocycles. The zero-order valence-electron chi connectivity index (χ0n) is 15.8. The number of amides is 1. The molecule has 1 atom stereocenters. The van der Waals surface area contributed by atoms with Gasteiger partial charge < -0.3 is 26.4 Å². The standard InChI is InChI=1S/C21H28N2O4/c1-21(2,11-15-5-3-4-14(8-15)9-20(22)27)23-12-19(26)16-6-7-18(25)17(10-16)13-24/h3-8,10,19,23-26H,9,11-13H2,1-2H3,(H2,22,27)/t19-/m0/s1. The second-order valence-corrected chi connectivity index (χ2v) is 7.47. The summed E-state index contributed by atoms with van der Waals surface area (Å²) in [7, 11) is 0. The maximum atomic E-state index is 11.1. The van der Waals surface area contributed by atoms with Crippen LogP contribution in [-0.4, -0.2) is 33.3 Å². The molecule has 0 aliphatic heterocycles. The normalized spacial score (nSPS) is 12.7. The summed E-state index contributed by atoms with van der Waals surface area (Å²) < 4.78 is 0. The van der Waals surface area contributed by atoms with E-state index in [0.29, 0.717) is 24.1 Å². The number of β-amino-alcohol motifs (C(OH)–C–C–N with tert-alkyl or cyclic N) is 1. The van der Waals surface area contributed by atoms with E-state index in [2.05, 4.69) is 5.32 Å². The number of aliphatic hydroxyl groups is 2. The SMILES string of the molecule is CC(C)(Cc1cccc(CC(N)=O)c1)NC[C@H](O)c1ccc(O)c(CO)c1. The van der Waals surface area contributed by atoms with E-state index in [9.17, 15) is 20.1 Å². The minimum absolute atomic E-state index is 0.0116. The Hall–Kier alpha value is -2.41. The van der Waals surface area contributed by atoms with Crippen LogP contribution in [0, 0.1) is 0 Å². The molecule has 0 aliphatic carbocycles. The molecule has 2 aromatic rings. The molecule has 0 aliphatic rings. The fourth-order valence-corrected chi connectivity index (χ4v) is 3.05. The van der Waals surface area contributed by atoms with Crippen molar-refractivity contribution in [2.75, 3.05) is 6.54 Å². The first-order valence-electron chi connectivity index (χ1n) is 8.92. The summed E-state index contributed by atoms with van der Waals surface area (Å²) in [6.07, 6.45) is 0.162. The minimum Gasteiger partial charge on any atom is -0.508 e. The van der Waals surface area contributed by atoms with Gasteiger partial charge in [-0.05, 0) is 49.1 Å². The molecule has 0 radical (unpaired) electrons. The summed E-state index contributed by atoms with van der Waals surface area (Å²) in [5.41, 5.74) is 7.95. The van der Waals surface area contributed by atoms with E-state index in [-0.39, 0.29) is 30.2 Å². The summed E-state index contributed by atoms with van der Waals surface area (Å²) in [6.45, 7) is 4.11. The van der Waals surface area contributed by atoms with Gasteiger partial charge in [-0.3, -0.25) is 4.79 Å². The summed E-state index contributed by atoms with van der Waals surface area (Å²) in [5.74, 6) is -0.346. The zero-order chi connectivity index (χ0) is 20.0. The van der Waals surface area contributed by atoms with Crippen LogP contribution in [-0.2, 0) is 24.2 Å². The third kappa shape index (κ3) is 6.36. The summed E-state index contributed by atoms with van der Waals surface area (Å²) >= 11 is 0. The van der Waals surface area contributed by atoms with Crippen LogP contribution in [0.2, 0.25) is 0 Å². The second kappa shape index (κ2) is 8.99. The number of rotatable bonds is 9. The van der Waals surface area contributed by atoms with Crippen molar-refractivity contribution in [2.24, 2.45) is 5.73 Å². The molecule has 0 heterocycles. The molecular formula is C21H28N2O4. The number of nitrogens with two attached hydrogens (primary N) is 1. The van der Waals surface area contributed by atoms with Crippen molar-refractivity contribution in [3.8, 4) is 5.75 Å². The quantitative estimate of drug-likeness (QED) is 0.458. The van der Waals surface area contributed by atoms with Crippen LogP contribution in [0.1, 0.15) is 42.2 Å². The number of hydrogen-bond donors (Lipinski definition) is 5. The molecule has 0 spiro atoms. The summed E-state index contributed by atoms with van der Waals surface area (Å²) in [5, 5.41) is 32.6. The molecule has 0 bridgehead atoms. The monoisotopic (exact) mass is 372 g/mol. The smallest absolute Gasteiger partial charge is 0.221 e. The topological polar surface area (TPSA) is 116 Å². The van der Waals surface area contributed by atoms with Gasteiger partial charge in [-0.1, -0.05) is 30.3 Å². The first-order chi connectivity index (χ1) is 12.7. The minimum atomic E-state index is -0.767. The average Bonchev–Trinajstić information content (AvgIpc) is 2.59. The Balaban J connectivity index is 1.98. The maximum Gasteiger partial charge on any atom is 0.221 e. The molecule has 146 valence electrons. The Morgan fingerprint density at radius 1 is 1.19 bits per heavy atom. The van der Waals surface area contributed by atoms with E-state index in [1.165, 1.54) is 6.07 Å². The Morgan fingerprint density at radius 2 is 1.89 bits per heavy atom. The van der Waals surface area contributed by atoms with Crippen LogP contribution in [0.4, 0.5) is 0 Å². The van der Waals surface area contributed by atoms with Crippen LogP contribution in [0.3, 0.4) is 0 Å². The average molecular weight is 372 g/mol. The molecule has 0 unspecified atom stereocenters. The van der Waals surface area contributed by atoms with Crippen LogP contribution in [0.15, 0.2) is 42.5 Å². The van der Waals surface area contributed by atoms with Gasteiger partial charge in [-0.15, -0.1) is 0 Å². The highest BCUT2D eigenvalue weighted by Crippen LogP contribution is 2.23. The van der Waals surface area contributed by atoms with Crippen molar-refractivity contribution >= 4 is 5.91 Å². The summed E-state index contributed by atoms with van der Waals surface area (Å²) in [4.78, 5) is 11.1. The van der Waals surface area contributed by atoms with Crippen molar-refractivity contribution in [1.29, 1.82) is 0 Å². The Morgan fingerprint density at radius 3 is 2.56 bits per heavy atom. The van der Waals surface area contributed by atoms with E-state index in [1.807, 2.05) is 38.1 Å². The van der Waals surface area contributed by atoms with E-state index in [1.54, 1.807) is 12.1 Å². The summed E-state index contributed by atoms with van der Waals surface area (Å²) in [6, 6.07) is 12.5. The lowest BCUT2D eigenvalue weighted by molar-refractivity contribution is -0.117. The van der Waals surface area contributed by atoms with Gasteiger partial charge in [0.05, 0.1) is 19.1 Å². The van der Waals surface area contributed by atoms with Crippen molar-refractivity contribution in [2.45, 2.75) is 44.9 Å². The lowest BCUT2D eigenvalue weighted by Gasteiger charge is -2.28. The third-order valence-corrected chi connectivity index (χ3v) is 4.45. The molecular weight excluding hydrogens is 344 g/mol. The number of benzene rings is 2. The van der Waals surface area contributed by atoms with Gasteiger partial charge in [-0.2, -0.15) is 0 Å². The first kappa shape index (κ1) is 20.9. The van der Waals surface area contributed by atoms with Gasteiger partial charge in [0, 0.05) is 17.6 Å². The van der Waals surface area contributed by atoms with Gasteiger partial charge in [0.1, 0.15) is 5.75 Å². The fourth-order valence-electron chi connectivity index (χ4n) is 3.05. The zero-order valence-corrected chi connectivity index (χ0v) is 15.8. The molecule has 0 saturated heterocycles. The third-order valence-electron chi connectivity index (χ3n) is 4.45. The molecule has 6 N–H and O–H groups in total. The molecule has 2 aromatic carbocycles. The van der Waals surface area contributed by atoms with E-state index in [0.717, 1.165) is 11.1 Å². The number of hydrogen-bond acceptors (Lipinski definition) is 5. The van der Waals surface area contributed by atoms with Gasteiger partial charge >= 0.3 is 0 Å². The van der Waals surface area contributed by atoms with Crippen molar-refractivity contribution in [1.82, 2.24) is 5.32 Å². The number of carbonyl (C=O) groups is 1. The fraction of sp³-hybridized carbons (Fsp3) is 0.381. The van der Waals surface area contributed by atoms with Gasteiger partial charge in [0.15, 0.2) is 0 Å². The largest absolute Gasteiger partial charge is 0.508 e. The Kier molecular flexibility index (Phi) is 6.96. The van der Waals surface area contributed by atoms with Crippen molar-refractivity contribution in [3.63, 3.8) is 0 Å². The highest BCUT2D eigenvalue weighted by Gasteiger charge is 2.20. The number of carbonyl (C=O) groups excluding carboxylic acids is 1. The molecule has 6 heteroatoms. The predicted molar refractivity (Wildman–Crippen MR) is 104 cm³/mol. The number of aromatic hydroxyl groups is 1. The van der Waals surface area contributed by atoms with Crippen LogP contribution < -0.4 is 11.1 Å².